The molecular formula is C62H76F2N12O10. The van der Waals surface area contributed by atoms with Crippen LogP contribution in [0.4, 0.5) is 30.6 Å². The van der Waals surface area contributed by atoms with Gasteiger partial charge in [-0.3, -0.25) is 53.1 Å². The summed E-state index contributed by atoms with van der Waals surface area (Å²) < 4.78 is 34.8. The lowest BCUT2D eigenvalue weighted by Gasteiger charge is -2.28. The molecule has 86 heavy (non-hydrogen) atoms. The summed E-state index contributed by atoms with van der Waals surface area (Å²) in [6, 6.07) is 18.8. The van der Waals surface area contributed by atoms with Crippen LogP contribution < -0.4 is 37.6 Å². The maximum Gasteiger partial charge on any atom is 0.407 e. The van der Waals surface area contributed by atoms with Gasteiger partial charge in [-0.05, 0) is 96.8 Å². The molecule has 4 aromatic rings. The van der Waals surface area contributed by atoms with E-state index in [9.17, 15) is 51.9 Å². The van der Waals surface area contributed by atoms with Crippen LogP contribution in [0.5, 0.6) is 0 Å². The van der Waals surface area contributed by atoms with E-state index in [-0.39, 0.29) is 85.7 Å². The molecule has 1 saturated heterocycles. The van der Waals surface area contributed by atoms with E-state index >= 15 is 0 Å². The summed E-state index contributed by atoms with van der Waals surface area (Å²) in [7, 11) is 0. The molecule has 1 unspecified atom stereocenters. The van der Waals surface area contributed by atoms with E-state index in [2.05, 4.69) is 41.5 Å². The van der Waals surface area contributed by atoms with Crippen LogP contribution in [0.3, 0.4) is 0 Å². The van der Waals surface area contributed by atoms with Crippen molar-refractivity contribution >= 4 is 82.3 Å². The van der Waals surface area contributed by atoms with E-state index in [0.29, 0.717) is 104 Å². The number of nitrogens with zero attached hydrogens (tertiary/aromatic N) is 5. The van der Waals surface area contributed by atoms with E-state index in [1.54, 1.807) is 80.7 Å². The molecule has 9 amide bonds. The summed E-state index contributed by atoms with van der Waals surface area (Å²) in [4.78, 5) is 128. The minimum atomic E-state index is -3.52. The first-order valence-corrected chi connectivity index (χ1v) is 29.1. The number of aromatic nitrogens is 1. The van der Waals surface area contributed by atoms with Gasteiger partial charge in [-0.15, -0.1) is 0 Å². The van der Waals surface area contributed by atoms with Crippen molar-refractivity contribution in [1.82, 2.24) is 41.0 Å². The monoisotopic (exact) mass is 1190 g/mol. The highest BCUT2D eigenvalue weighted by atomic mass is 19.3. The van der Waals surface area contributed by atoms with Crippen molar-refractivity contribution in [2.45, 2.75) is 124 Å². The summed E-state index contributed by atoms with van der Waals surface area (Å²) >= 11 is 0. The second-order valence-corrected chi connectivity index (χ2v) is 21.9. The average molecular weight is 1190 g/mol. The zero-order chi connectivity index (χ0) is 61.9. The normalized spacial score (nSPS) is 14.4. The quantitative estimate of drug-likeness (QED) is 0.0236. The van der Waals surface area contributed by atoms with Gasteiger partial charge in [0.1, 0.15) is 18.5 Å². The lowest BCUT2D eigenvalue weighted by atomic mass is 10.0. The number of aliphatic imine (C=N–C) groups is 1. The fourth-order valence-corrected chi connectivity index (χ4v) is 9.97. The molecule has 22 nitrogen and oxygen atoms in total. The first-order chi connectivity index (χ1) is 41.2. The summed E-state index contributed by atoms with van der Waals surface area (Å²) in [5.41, 5.74) is 12.6. The van der Waals surface area contributed by atoms with E-state index < -0.39 is 48.9 Å². The number of nitrogens with two attached hydrogens (primary N) is 1. The van der Waals surface area contributed by atoms with Crippen LogP contribution >= 0.6 is 0 Å². The van der Waals surface area contributed by atoms with E-state index in [0.717, 1.165) is 29.7 Å². The Labute approximate surface area is 498 Å². The van der Waals surface area contributed by atoms with Crippen molar-refractivity contribution in [3.63, 3.8) is 0 Å². The van der Waals surface area contributed by atoms with Crippen molar-refractivity contribution in [2.24, 2.45) is 16.6 Å². The van der Waals surface area contributed by atoms with Gasteiger partial charge >= 0.3 is 6.09 Å². The zero-order valence-corrected chi connectivity index (χ0v) is 49.0. The molecule has 0 saturated carbocycles. The first kappa shape index (κ1) is 64.6. The molecule has 3 aliphatic rings. The van der Waals surface area contributed by atoms with Gasteiger partial charge in [0.15, 0.2) is 0 Å². The third-order valence-electron chi connectivity index (χ3n) is 14.5. The number of pyridine rings is 1. The Hall–Kier alpha value is -8.93. The predicted octanol–water partition coefficient (Wildman–Crippen LogP) is 6.51. The van der Waals surface area contributed by atoms with Gasteiger partial charge in [0, 0.05) is 105 Å². The number of alkyl halides is 2. The molecule has 1 atom stereocenters. The standard InChI is InChI=1S/C62H76F2N12O10/c1-5-24-75(25-6-2)60(84)45-28-43-17-18-44(30-50(43)72-51(65)31-45)58(82)71-48-29-46-35-74(27-23-49(46)66-32-48)34-40-11-15-42(16-12-40)57(81)68-37-62(63,64)38-69-61(85)86-36-41-13-19-47(20-14-41)70-53(78)33-67-59(83)56(39(3)4)73-52(77)10-8-7-9-26-76-54(79)21-22-55(76)80/h11-20,28-30,32,39,56H,5-10,21-27,31,33-38H2,1-4H3,(H2,65,72)(H,67,83)(H,68,81)(H,69,85)(H,70,78)(H,71,82)(H,73,77). The van der Waals surface area contributed by atoms with Crippen molar-refractivity contribution in [1.29, 1.82) is 0 Å². The Morgan fingerprint density at radius 1 is 0.767 bits per heavy atom. The molecule has 0 bridgehead atoms. The number of hydrogen-bond donors (Lipinski definition) is 7. The van der Waals surface area contributed by atoms with Crippen LogP contribution in [-0.2, 0) is 59.6 Å². The molecule has 0 spiro atoms. The summed E-state index contributed by atoms with van der Waals surface area (Å²) in [6.07, 6.45) is 7.14. The molecule has 8 N–H and O–H groups in total. The Kier molecular flexibility index (Phi) is 23.1. The Balaban J connectivity index is 0.778. The van der Waals surface area contributed by atoms with Crippen LogP contribution in [0, 0.1) is 5.92 Å². The van der Waals surface area contributed by atoms with E-state index in [1.165, 1.54) is 17.0 Å². The number of likely N-dealkylation sites (tertiary alicyclic amines) is 1. The highest BCUT2D eigenvalue weighted by Crippen LogP contribution is 2.30. The molecule has 7 rings (SSSR count). The molecule has 458 valence electrons. The number of alkyl carbamates (subject to hydrolysis) is 1. The molecular weight excluding hydrogens is 1110 g/mol. The molecule has 0 aliphatic carbocycles. The van der Waals surface area contributed by atoms with Gasteiger partial charge in [-0.25, -0.2) is 18.6 Å². The number of imide groups is 1. The fraction of sp³-hybridized carbons (Fsp3) is 0.435. The third-order valence-corrected chi connectivity index (χ3v) is 14.5. The number of carbonyl (C=O) groups excluding carboxylic acids is 9. The summed E-state index contributed by atoms with van der Waals surface area (Å²) in [5, 5.41) is 15.1. The number of ether oxygens (including phenoxy) is 1. The van der Waals surface area contributed by atoms with Gasteiger partial charge in [0.2, 0.25) is 35.4 Å². The van der Waals surface area contributed by atoms with Gasteiger partial charge in [0.25, 0.3) is 17.7 Å². The maximum atomic E-state index is 14.8. The number of nitrogens with one attached hydrogen (secondary N) is 6. The minimum Gasteiger partial charge on any atom is -0.445 e. The topological polar surface area (TPSA) is 296 Å². The summed E-state index contributed by atoms with van der Waals surface area (Å²) in [5.74, 6) is -6.49. The Morgan fingerprint density at radius 3 is 2.15 bits per heavy atom. The van der Waals surface area contributed by atoms with Gasteiger partial charge in [-0.1, -0.05) is 64.4 Å². The number of benzene rings is 3. The van der Waals surface area contributed by atoms with Gasteiger partial charge in [0.05, 0.1) is 37.2 Å². The highest BCUT2D eigenvalue weighted by Gasteiger charge is 2.32. The molecule has 1 aromatic heterocycles. The van der Waals surface area contributed by atoms with Gasteiger partial charge in [-0.2, -0.15) is 0 Å². The number of amidine groups is 1. The number of rotatable bonds is 28. The number of anilines is 2. The van der Waals surface area contributed by atoms with Crippen molar-refractivity contribution in [2.75, 3.05) is 56.4 Å². The van der Waals surface area contributed by atoms with Crippen molar-refractivity contribution in [3.8, 4) is 0 Å². The Bertz CT molecular complexity index is 3190. The SMILES string of the molecule is CCCN(CCC)C(=O)C1=Cc2ccc(C(=O)Nc3cnc4c(c3)CN(Cc3ccc(C(=O)NCC(F)(F)CNC(=O)OCc5ccc(NC(=O)CNC(=O)C(NC(=O)CCCCCN6C(=O)CCC6=O)C(C)C)cc5)cc3)CC4)cc2N=C(N)C1. The third kappa shape index (κ3) is 19.0. The first-order valence-electron chi connectivity index (χ1n) is 29.1. The lowest BCUT2D eigenvalue weighted by Crippen LogP contribution is -2.51. The highest BCUT2D eigenvalue weighted by molar-refractivity contribution is 6.08. The van der Waals surface area contributed by atoms with Crippen LogP contribution in [0.15, 0.2) is 89.6 Å². The number of hydrogen-bond acceptors (Lipinski definition) is 14. The number of amides is 9. The number of fused-ring (bicyclic) bond motifs is 2. The van der Waals surface area contributed by atoms with Crippen LogP contribution in [0.25, 0.3) is 6.08 Å². The van der Waals surface area contributed by atoms with Crippen LogP contribution in [0.2, 0.25) is 0 Å². The van der Waals surface area contributed by atoms with Gasteiger partial charge < -0.3 is 47.3 Å². The zero-order valence-electron chi connectivity index (χ0n) is 49.0. The number of carbonyl (C=O) groups is 9. The van der Waals surface area contributed by atoms with Crippen LogP contribution in [0.1, 0.15) is 134 Å². The van der Waals surface area contributed by atoms with E-state index in [4.69, 9.17) is 10.5 Å². The van der Waals surface area contributed by atoms with Crippen molar-refractivity contribution in [3.05, 3.63) is 124 Å². The predicted molar refractivity (Wildman–Crippen MR) is 319 cm³/mol. The summed E-state index contributed by atoms with van der Waals surface area (Å²) in [6.45, 7) is 8.09. The molecule has 1 fully saturated rings. The second kappa shape index (κ2) is 30.8. The van der Waals surface area contributed by atoms with E-state index in [1.807, 2.05) is 30.1 Å². The minimum absolute atomic E-state index is 0.0736. The maximum absolute atomic E-state index is 14.8. The molecule has 4 heterocycles. The molecule has 0 radical (unpaired) electrons. The largest absolute Gasteiger partial charge is 0.445 e. The second-order valence-electron chi connectivity index (χ2n) is 21.9. The molecule has 3 aliphatic heterocycles. The van der Waals surface area contributed by atoms with Crippen LogP contribution in [-0.4, -0.2) is 137 Å². The number of halogens is 2. The number of unbranched alkanes of at least 4 members (excludes halogenated alkanes) is 2. The Morgan fingerprint density at radius 2 is 1.45 bits per heavy atom. The lowest BCUT2D eigenvalue weighted by molar-refractivity contribution is -0.138. The average Bonchev–Trinajstić information content (AvgIpc) is 2.70. The molecule has 24 heteroatoms. The molecule has 3 aromatic carbocycles. The smallest absolute Gasteiger partial charge is 0.407 e. The van der Waals surface area contributed by atoms with Crippen molar-refractivity contribution < 1.29 is 56.7 Å². The fourth-order valence-electron chi connectivity index (χ4n) is 9.97.